The van der Waals surface area contributed by atoms with Crippen molar-refractivity contribution in [2.45, 2.75) is 0 Å². The topological polar surface area (TPSA) is 86.7 Å². The molecule has 106 valence electrons. The zero-order chi connectivity index (χ0) is 15.1. The quantitative estimate of drug-likeness (QED) is 0.418. The summed E-state index contributed by atoms with van der Waals surface area (Å²) in [7, 11) is 0. The Labute approximate surface area is 124 Å². The van der Waals surface area contributed by atoms with Crippen LogP contribution in [0.4, 0.5) is 5.69 Å². The van der Waals surface area contributed by atoms with Crippen LogP contribution in [-0.2, 0) is 0 Å². The van der Waals surface area contributed by atoms with Gasteiger partial charge < -0.3 is 0 Å². The normalized spacial score (nSPS) is 11.1. The monoisotopic (exact) mass is 291 g/mol. The number of nitro benzene ring substituents is 1. The van der Waals surface area contributed by atoms with Gasteiger partial charge in [0.1, 0.15) is 18.2 Å². The summed E-state index contributed by atoms with van der Waals surface area (Å²) >= 11 is 0. The third kappa shape index (κ3) is 1.72. The van der Waals surface area contributed by atoms with Crippen molar-refractivity contribution < 1.29 is 4.92 Å². The van der Waals surface area contributed by atoms with Gasteiger partial charge in [-0.3, -0.25) is 14.7 Å². The molecule has 7 heteroatoms. The minimum absolute atomic E-state index is 0.0834. The minimum Gasteiger partial charge on any atom is -0.295 e. The van der Waals surface area contributed by atoms with Crippen LogP contribution in [0.15, 0.2) is 55.2 Å². The lowest BCUT2D eigenvalue weighted by atomic mass is 10.1. The average molecular weight is 291 g/mol. The fraction of sp³-hybridized carbons (Fsp3) is 0. The first-order valence-electron chi connectivity index (χ1n) is 6.55. The van der Waals surface area contributed by atoms with Crippen LogP contribution in [0.1, 0.15) is 0 Å². The lowest BCUT2D eigenvalue weighted by molar-refractivity contribution is -0.383. The lowest BCUT2D eigenvalue weighted by Crippen LogP contribution is -1.97. The first-order valence-corrected chi connectivity index (χ1v) is 6.55. The van der Waals surface area contributed by atoms with Crippen molar-refractivity contribution in [2.75, 3.05) is 0 Å². The maximum atomic E-state index is 11.2. The summed E-state index contributed by atoms with van der Waals surface area (Å²) in [5.74, 6) is 0. The molecule has 0 spiro atoms. The summed E-state index contributed by atoms with van der Waals surface area (Å²) in [5, 5.41) is 12.6. The van der Waals surface area contributed by atoms with Crippen LogP contribution < -0.4 is 0 Å². The van der Waals surface area contributed by atoms with Gasteiger partial charge in [-0.15, -0.1) is 0 Å². The molecule has 0 fully saturated rings. The van der Waals surface area contributed by atoms with E-state index in [0.29, 0.717) is 11.0 Å². The van der Waals surface area contributed by atoms with E-state index in [1.807, 2.05) is 16.7 Å². The number of non-ortho nitro benzene ring substituents is 1. The van der Waals surface area contributed by atoms with Gasteiger partial charge in [-0.1, -0.05) is 18.2 Å². The number of benzene rings is 2. The number of hydrogen-bond acceptors (Lipinski definition) is 5. The van der Waals surface area contributed by atoms with Crippen LogP contribution in [0.25, 0.3) is 27.6 Å². The van der Waals surface area contributed by atoms with Crippen LogP contribution in [-0.4, -0.2) is 24.4 Å². The molecular formula is C15H9N5O2. The molecule has 0 N–H and O–H groups in total. The molecule has 2 aromatic heterocycles. The van der Waals surface area contributed by atoms with Crippen molar-refractivity contribution in [3.63, 3.8) is 0 Å². The number of fused-ring (bicyclic) bond motifs is 2. The van der Waals surface area contributed by atoms with Crippen molar-refractivity contribution in [1.82, 2.24) is 19.5 Å². The molecule has 0 aliphatic heterocycles. The van der Waals surface area contributed by atoms with Crippen LogP contribution >= 0.6 is 0 Å². The fourth-order valence-electron chi connectivity index (χ4n) is 2.59. The van der Waals surface area contributed by atoms with Gasteiger partial charge in [0.05, 0.1) is 22.2 Å². The van der Waals surface area contributed by atoms with Crippen molar-refractivity contribution in [1.29, 1.82) is 0 Å². The van der Waals surface area contributed by atoms with E-state index >= 15 is 0 Å². The average Bonchev–Trinajstić information content (AvgIpc) is 2.97. The minimum atomic E-state index is -0.374. The third-order valence-corrected chi connectivity index (χ3v) is 3.56. The molecular weight excluding hydrogens is 282 g/mol. The predicted octanol–water partition coefficient (Wildman–Crippen LogP) is 2.88. The molecule has 0 radical (unpaired) electrons. The SMILES string of the molecule is O=[N+]([O-])c1ccc(-n2cnc3ncncc32)c2ccccc12. The fourth-order valence-corrected chi connectivity index (χ4v) is 2.59. The summed E-state index contributed by atoms with van der Waals surface area (Å²) in [6.07, 6.45) is 4.76. The highest BCUT2D eigenvalue weighted by molar-refractivity contribution is 5.97. The van der Waals surface area contributed by atoms with Gasteiger partial charge in [0.2, 0.25) is 0 Å². The van der Waals surface area contributed by atoms with E-state index in [9.17, 15) is 10.1 Å². The van der Waals surface area contributed by atoms with E-state index in [-0.39, 0.29) is 10.6 Å². The van der Waals surface area contributed by atoms with Crippen molar-refractivity contribution in [2.24, 2.45) is 0 Å². The largest absolute Gasteiger partial charge is 0.295 e. The van der Waals surface area contributed by atoms with Gasteiger partial charge in [-0.2, -0.15) is 0 Å². The summed E-state index contributed by atoms with van der Waals surface area (Å²) in [5.41, 5.74) is 2.22. The highest BCUT2D eigenvalue weighted by Gasteiger charge is 2.16. The van der Waals surface area contributed by atoms with Crippen molar-refractivity contribution in [3.05, 3.63) is 65.4 Å². The molecule has 0 aliphatic carbocycles. The molecule has 0 amide bonds. The lowest BCUT2D eigenvalue weighted by Gasteiger charge is -2.08. The smallest absolute Gasteiger partial charge is 0.277 e. The van der Waals surface area contributed by atoms with Crippen LogP contribution in [0, 0.1) is 10.1 Å². The molecule has 2 aromatic carbocycles. The van der Waals surface area contributed by atoms with E-state index < -0.39 is 0 Å². The molecule has 0 atom stereocenters. The zero-order valence-electron chi connectivity index (χ0n) is 11.2. The second kappa shape index (κ2) is 4.59. The highest BCUT2D eigenvalue weighted by atomic mass is 16.6. The summed E-state index contributed by atoms with van der Waals surface area (Å²) in [6, 6.07) is 10.5. The van der Waals surface area contributed by atoms with Crippen LogP contribution in [0.3, 0.4) is 0 Å². The maximum Gasteiger partial charge on any atom is 0.277 e. The van der Waals surface area contributed by atoms with E-state index in [2.05, 4.69) is 15.0 Å². The van der Waals surface area contributed by atoms with Crippen molar-refractivity contribution >= 4 is 27.6 Å². The molecule has 4 rings (SSSR count). The third-order valence-electron chi connectivity index (χ3n) is 3.56. The molecule has 7 nitrogen and oxygen atoms in total. The number of nitrogens with zero attached hydrogens (tertiary/aromatic N) is 5. The van der Waals surface area contributed by atoms with Crippen LogP contribution in [0.2, 0.25) is 0 Å². The van der Waals surface area contributed by atoms with Gasteiger partial charge in [0.15, 0.2) is 5.65 Å². The number of imidazole rings is 1. The second-order valence-electron chi connectivity index (χ2n) is 4.75. The molecule has 0 saturated carbocycles. The molecule has 0 unspecified atom stereocenters. The van der Waals surface area contributed by atoms with Gasteiger partial charge in [-0.05, 0) is 12.1 Å². The Hall–Kier alpha value is -3.35. The predicted molar refractivity (Wildman–Crippen MR) is 80.8 cm³/mol. The first kappa shape index (κ1) is 12.4. The maximum absolute atomic E-state index is 11.2. The molecule has 22 heavy (non-hydrogen) atoms. The molecule has 0 saturated heterocycles. The number of aromatic nitrogens is 4. The number of hydrogen-bond donors (Lipinski definition) is 0. The van der Waals surface area contributed by atoms with E-state index in [4.69, 9.17) is 0 Å². The van der Waals surface area contributed by atoms with Crippen molar-refractivity contribution in [3.8, 4) is 5.69 Å². The Morgan fingerprint density at radius 1 is 1.05 bits per heavy atom. The van der Waals surface area contributed by atoms with Gasteiger partial charge >= 0.3 is 0 Å². The first-order chi connectivity index (χ1) is 10.8. The van der Waals surface area contributed by atoms with E-state index in [1.165, 1.54) is 12.4 Å². The van der Waals surface area contributed by atoms with Gasteiger partial charge in [0, 0.05) is 11.5 Å². The highest BCUT2D eigenvalue weighted by Crippen LogP contribution is 2.31. The van der Waals surface area contributed by atoms with Gasteiger partial charge in [0.25, 0.3) is 5.69 Å². The summed E-state index contributed by atoms with van der Waals surface area (Å²) in [4.78, 5) is 23.2. The second-order valence-corrected chi connectivity index (χ2v) is 4.75. The van der Waals surface area contributed by atoms with E-state index in [1.54, 1.807) is 30.7 Å². The standard InChI is InChI=1S/C15H9N5O2/c21-20(22)13-6-5-12(10-3-1-2-4-11(10)13)19-9-18-15-14(19)7-16-8-17-15/h1-9H. The number of rotatable bonds is 2. The summed E-state index contributed by atoms with van der Waals surface area (Å²) in [6.45, 7) is 0. The van der Waals surface area contributed by atoms with Crippen LogP contribution in [0.5, 0.6) is 0 Å². The Kier molecular flexibility index (Phi) is 2.59. The molecule has 0 bridgehead atoms. The Bertz CT molecular complexity index is 1020. The molecule has 0 aliphatic rings. The molecule has 2 heterocycles. The Morgan fingerprint density at radius 3 is 2.68 bits per heavy atom. The Morgan fingerprint density at radius 2 is 1.86 bits per heavy atom. The Balaban J connectivity index is 2.08. The molecule has 4 aromatic rings. The summed E-state index contributed by atoms with van der Waals surface area (Å²) < 4.78 is 1.83. The van der Waals surface area contributed by atoms with E-state index in [0.717, 1.165) is 16.6 Å². The van der Waals surface area contributed by atoms with Gasteiger partial charge in [-0.25, -0.2) is 15.0 Å². The number of nitro groups is 1. The zero-order valence-corrected chi connectivity index (χ0v) is 11.2.